The fourth-order valence-electron chi connectivity index (χ4n) is 2.34. The van der Waals surface area contributed by atoms with Crippen molar-refractivity contribution in [2.24, 2.45) is 0 Å². The maximum absolute atomic E-state index is 12.1. The van der Waals surface area contributed by atoms with Crippen molar-refractivity contribution >= 4 is 23.3 Å². The average molecular weight is 283 g/mol. The summed E-state index contributed by atoms with van der Waals surface area (Å²) in [6, 6.07) is 1.90. The zero-order valence-electron chi connectivity index (χ0n) is 11.0. The van der Waals surface area contributed by atoms with Crippen LogP contribution < -0.4 is 11.1 Å². The summed E-state index contributed by atoms with van der Waals surface area (Å²) >= 11 is 5.95. The van der Waals surface area contributed by atoms with Gasteiger partial charge in [-0.1, -0.05) is 18.0 Å². The van der Waals surface area contributed by atoms with Gasteiger partial charge in [0.05, 0.1) is 10.6 Å². The standard InChI is InChI=1S/C13H19ClN4O/c1-18-5-3-2-4-9(18)7-17-13(19)10-6-12(15)16-8-11(10)14/h6,8-9H,2-5,7H2,1H3,(H2,15,16)(H,17,19). The van der Waals surface area contributed by atoms with Crippen LogP contribution in [0.4, 0.5) is 5.82 Å². The molecule has 2 rings (SSSR count). The molecule has 19 heavy (non-hydrogen) atoms. The lowest BCUT2D eigenvalue weighted by molar-refractivity contribution is 0.0928. The Morgan fingerprint density at radius 2 is 2.42 bits per heavy atom. The van der Waals surface area contributed by atoms with E-state index in [1.165, 1.54) is 25.1 Å². The number of nitrogens with two attached hydrogens (primary N) is 1. The Kier molecular flexibility index (Phi) is 4.61. The molecule has 0 aliphatic carbocycles. The summed E-state index contributed by atoms with van der Waals surface area (Å²) in [5.41, 5.74) is 5.95. The number of carbonyl (C=O) groups excluding carboxylic acids is 1. The number of carbonyl (C=O) groups is 1. The largest absolute Gasteiger partial charge is 0.384 e. The van der Waals surface area contributed by atoms with Gasteiger partial charge in [-0.2, -0.15) is 0 Å². The fourth-order valence-corrected chi connectivity index (χ4v) is 2.53. The number of nitrogens with zero attached hydrogens (tertiary/aromatic N) is 2. The van der Waals surface area contributed by atoms with E-state index in [1.807, 2.05) is 0 Å². The van der Waals surface area contributed by atoms with Gasteiger partial charge >= 0.3 is 0 Å². The third-order valence-electron chi connectivity index (χ3n) is 3.54. The van der Waals surface area contributed by atoms with Crippen LogP contribution >= 0.6 is 11.6 Å². The number of anilines is 1. The molecule has 1 atom stereocenters. The number of likely N-dealkylation sites (tertiary alicyclic amines) is 1. The van der Waals surface area contributed by atoms with E-state index in [2.05, 4.69) is 22.2 Å². The van der Waals surface area contributed by atoms with E-state index in [1.54, 1.807) is 0 Å². The molecule has 104 valence electrons. The third-order valence-corrected chi connectivity index (χ3v) is 3.84. The molecule has 3 N–H and O–H groups in total. The summed E-state index contributed by atoms with van der Waals surface area (Å²) in [4.78, 5) is 18.2. The molecule has 0 saturated carbocycles. The van der Waals surface area contributed by atoms with Crippen molar-refractivity contribution in [2.75, 3.05) is 25.9 Å². The van der Waals surface area contributed by atoms with Crippen molar-refractivity contribution < 1.29 is 4.79 Å². The molecule has 1 amide bonds. The molecule has 1 fully saturated rings. The van der Waals surface area contributed by atoms with Crippen molar-refractivity contribution in [3.63, 3.8) is 0 Å². The van der Waals surface area contributed by atoms with Crippen LogP contribution in [-0.2, 0) is 0 Å². The number of rotatable bonds is 3. The van der Waals surface area contributed by atoms with Crippen LogP contribution in [0.1, 0.15) is 29.6 Å². The Hall–Kier alpha value is -1.33. The first kappa shape index (κ1) is 14.1. The second-order valence-electron chi connectivity index (χ2n) is 4.93. The fraction of sp³-hybridized carbons (Fsp3) is 0.538. The molecule has 1 aliphatic rings. The van der Waals surface area contributed by atoms with E-state index >= 15 is 0 Å². The molecular weight excluding hydrogens is 264 g/mol. The monoisotopic (exact) mass is 282 g/mol. The Bertz CT molecular complexity index is 466. The molecule has 1 unspecified atom stereocenters. The van der Waals surface area contributed by atoms with Crippen molar-refractivity contribution in [2.45, 2.75) is 25.3 Å². The predicted octanol–water partition coefficient (Wildman–Crippen LogP) is 1.53. The number of aromatic nitrogens is 1. The minimum atomic E-state index is -0.196. The SMILES string of the molecule is CN1CCCCC1CNC(=O)c1cc(N)ncc1Cl. The smallest absolute Gasteiger partial charge is 0.253 e. The lowest BCUT2D eigenvalue weighted by atomic mass is 10.0. The van der Waals surface area contributed by atoms with Crippen LogP contribution in [-0.4, -0.2) is 42.0 Å². The van der Waals surface area contributed by atoms with Crippen LogP contribution in [0.3, 0.4) is 0 Å². The maximum Gasteiger partial charge on any atom is 0.253 e. The number of nitrogen functional groups attached to an aromatic ring is 1. The van der Waals surface area contributed by atoms with E-state index in [0.29, 0.717) is 29.0 Å². The van der Waals surface area contributed by atoms with Gasteiger partial charge in [-0.05, 0) is 32.5 Å². The predicted molar refractivity (Wildman–Crippen MR) is 76.3 cm³/mol. The molecule has 1 saturated heterocycles. The summed E-state index contributed by atoms with van der Waals surface area (Å²) < 4.78 is 0. The number of piperidine rings is 1. The number of amides is 1. The number of pyridine rings is 1. The second kappa shape index (κ2) is 6.21. The van der Waals surface area contributed by atoms with Crippen LogP contribution in [0.2, 0.25) is 5.02 Å². The zero-order valence-corrected chi connectivity index (χ0v) is 11.8. The van der Waals surface area contributed by atoms with Gasteiger partial charge in [0.2, 0.25) is 0 Å². The van der Waals surface area contributed by atoms with Crippen molar-refractivity contribution in [3.8, 4) is 0 Å². The number of hydrogen-bond donors (Lipinski definition) is 2. The lowest BCUT2D eigenvalue weighted by Crippen LogP contribution is -2.44. The number of hydrogen-bond acceptors (Lipinski definition) is 4. The minimum Gasteiger partial charge on any atom is -0.384 e. The number of halogens is 1. The highest BCUT2D eigenvalue weighted by atomic mass is 35.5. The van der Waals surface area contributed by atoms with Crippen molar-refractivity contribution in [3.05, 3.63) is 22.8 Å². The number of nitrogens with one attached hydrogen (secondary N) is 1. The Labute approximate surface area is 118 Å². The molecular formula is C13H19ClN4O. The maximum atomic E-state index is 12.1. The van der Waals surface area contributed by atoms with Gasteiger partial charge in [0.1, 0.15) is 5.82 Å². The molecule has 5 nitrogen and oxygen atoms in total. The van der Waals surface area contributed by atoms with Gasteiger partial charge in [-0.25, -0.2) is 4.98 Å². The van der Waals surface area contributed by atoms with E-state index in [4.69, 9.17) is 17.3 Å². The van der Waals surface area contributed by atoms with Crippen molar-refractivity contribution in [1.82, 2.24) is 15.2 Å². The molecule has 1 aromatic rings. The van der Waals surface area contributed by atoms with Gasteiger partial charge in [-0.15, -0.1) is 0 Å². The van der Waals surface area contributed by atoms with Gasteiger partial charge in [-0.3, -0.25) is 4.79 Å². The first-order valence-electron chi connectivity index (χ1n) is 6.47. The molecule has 1 aliphatic heterocycles. The van der Waals surface area contributed by atoms with E-state index in [9.17, 15) is 4.79 Å². The first-order valence-corrected chi connectivity index (χ1v) is 6.85. The average Bonchev–Trinajstić information content (AvgIpc) is 2.40. The van der Waals surface area contributed by atoms with Crippen molar-refractivity contribution in [1.29, 1.82) is 0 Å². The zero-order chi connectivity index (χ0) is 13.8. The Morgan fingerprint density at radius 3 is 3.16 bits per heavy atom. The highest BCUT2D eigenvalue weighted by Crippen LogP contribution is 2.17. The van der Waals surface area contributed by atoms with Crippen LogP contribution in [0.15, 0.2) is 12.3 Å². The molecule has 1 aromatic heterocycles. The van der Waals surface area contributed by atoms with Gasteiger partial charge in [0, 0.05) is 18.8 Å². The van der Waals surface area contributed by atoms with E-state index in [0.717, 1.165) is 13.0 Å². The quantitative estimate of drug-likeness (QED) is 0.882. The normalized spacial score (nSPS) is 20.2. The first-order chi connectivity index (χ1) is 9.08. The summed E-state index contributed by atoms with van der Waals surface area (Å²) in [6.45, 7) is 1.72. The summed E-state index contributed by atoms with van der Waals surface area (Å²) in [6.07, 6.45) is 4.96. The minimum absolute atomic E-state index is 0.196. The van der Waals surface area contributed by atoms with E-state index < -0.39 is 0 Å². The van der Waals surface area contributed by atoms with E-state index in [-0.39, 0.29) is 5.91 Å². The molecule has 0 aromatic carbocycles. The van der Waals surface area contributed by atoms with Gasteiger partial charge in [0.25, 0.3) is 5.91 Å². The van der Waals surface area contributed by atoms with Crippen LogP contribution in [0, 0.1) is 0 Å². The van der Waals surface area contributed by atoms with Gasteiger partial charge < -0.3 is 16.0 Å². The summed E-state index contributed by atoms with van der Waals surface area (Å²) in [5.74, 6) is 0.0995. The third kappa shape index (κ3) is 3.58. The van der Waals surface area contributed by atoms with Gasteiger partial charge in [0.15, 0.2) is 0 Å². The number of likely N-dealkylation sites (N-methyl/N-ethyl adjacent to an activating group) is 1. The topological polar surface area (TPSA) is 71.2 Å². The Balaban J connectivity index is 1.95. The molecule has 2 heterocycles. The van der Waals surface area contributed by atoms with Crippen LogP contribution in [0.25, 0.3) is 0 Å². The van der Waals surface area contributed by atoms with Crippen LogP contribution in [0.5, 0.6) is 0 Å². The highest BCUT2D eigenvalue weighted by molar-refractivity contribution is 6.33. The summed E-state index contributed by atoms with van der Waals surface area (Å²) in [7, 11) is 2.09. The second-order valence-corrected chi connectivity index (χ2v) is 5.34. The molecule has 6 heteroatoms. The highest BCUT2D eigenvalue weighted by Gasteiger charge is 2.20. The Morgan fingerprint density at radius 1 is 1.63 bits per heavy atom. The lowest BCUT2D eigenvalue weighted by Gasteiger charge is -2.32. The molecule has 0 spiro atoms. The summed E-state index contributed by atoms with van der Waals surface area (Å²) in [5, 5.41) is 3.24. The molecule has 0 radical (unpaired) electrons. The molecule has 0 bridgehead atoms.